The second-order valence-corrected chi connectivity index (χ2v) is 8.72. The van der Waals surface area contributed by atoms with E-state index in [4.69, 9.17) is 19.9 Å². The molecule has 0 amide bonds. The van der Waals surface area contributed by atoms with Crippen LogP contribution in [0.1, 0.15) is 17.8 Å². The SMILES string of the molecule is Cc1nc2/c(=C(\C#N)CC#N)c3nc(-c4ccccc4)c(C)nc3c(=C(C#N)C#N)c2nc1-c1ccccc1. The van der Waals surface area contributed by atoms with Crippen LogP contribution in [0.15, 0.2) is 60.7 Å². The minimum Gasteiger partial charge on any atom is -0.248 e. The first kappa shape index (κ1) is 24.7. The van der Waals surface area contributed by atoms with Crippen LogP contribution in [0.25, 0.3) is 55.7 Å². The Labute approximate surface area is 223 Å². The molecule has 0 unspecified atom stereocenters. The average molecular weight is 503 g/mol. The van der Waals surface area contributed by atoms with Gasteiger partial charge in [0, 0.05) is 16.3 Å². The van der Waals surface area contributed by atoms with Crippen LogP contribution in [0.3, 0.4) is 0 Å². The van der Waals surface area contributed by atoms with E-state index in [1.54, 1.807) is 13.8 Å². The first-order chi connectivity index (χ1) is 19.0. The summed E-state index contributed by atoms with van der Waals surface area (Å²) in [6.45, 7) is 3.59. The Bertz CT molecular complexity index is 2070. The summed E-state index contributed by atoms with van der Waals surface area (Å²) in [5.41, 5.74) is 4.88. The van der Waals surface area contributed by atoms with E-state index < -0.39 is 0 Å². The Morgan fingerprint density at radius 2 is 1.03 bits per heavy atom. The van der Waals surface area contributed by atoms with E-state index in [2.05, 4.69) is 12.1 Å². The second-order valence-electron chi connectivity index (χ2n) is 8.72. The maximum absolute atomic E-state index is 10.1. The van der Waals surface area contributed by atoms with Crippen LogP contribution in [-0.4, -0.2) is 19.9 Å². The van der Waals surface area contributed by atoms with Crippen LogP contribution in [0, 0.1) is 59.2 Å². The highest BCUT2D eigenvalue weighted by molar-refractivity contribution is 6.00. The predicted molar refractivity (Wildman–Crippen MR) is 146 cm³/mol. The molecule has 5 rings (SSSR count). The Kier molecular flexibility index (Phi) is 6.46. The fourth-order valence-electron chi connectivity index (χ4n) is 4.62. The summed E-state index contributed by atoms with van der Waals surface area (Å²) >= 11 is 0. The average Bonchev–Trinajstić information content (AvgIpc) is 2.97. The molecule has 0 aliphatic carbocycles. The van der Waals surface area contributed by atoms with Crippen molar-refractivity contribution >= 4 is 33.2 Å². The van der Waals surface area contributed by atoms with Gasteiger partial charge in [-0.05, 0) is 13.8 Å². The minimum absolute atomic E-state index is 0.146. The zero-order valence-electron chi connectivity index (χ0n) is 21.1. The van der Waals surface area contributed by atoms with Gasteiger partial charge in [-0.3, -0.25) is 0 Å². The Morgan fingerprint density at radius 1 is 0.590 bits per heavy atom. The molecule has 0 aliphatic rings. The summed E-state index contributed by atoms with van der Waals surface area (Å²) in [5, 5.41) is 40.0. The van der Waals surface area contributed by atoms with Gasteiger partial charge in [0.2, 0.25) is 0 Å². The quantitative estimate of drug-likeness (QED) is 0.332. The molecular weight excluding hydrogens is 484 g/mol. The third-order valence-electron chi connectivity index (χ3n) is 6.35. The van der Waals surface area contributed by atoms with Crippen LogP contribution in [-0.2, 0) is 0 Å². The number of hydrogen-bond donors (Lipinski definition) is 0. The molecule has 8 nitrogen and oxygen atoms in total. The molecule has 3 aromatic carbocycles. The number of aryl methyl sites for hydroxylation is 2. The highest BCUT2D eigenvalue weighted by atomic mass is 14.9. The molecule has 8 heteroatoms. The van der Waals surface area contributed by atoms with E-state index in [1.165, 1.54) is 0 Å². The van der Waals surface area contributed by atoms with E-state index >= 15 is 0 Å². The predicted octanol–water partition coefficient (Wildman–Crippen LogP) is 4.31. The molecule has 0 saturated carbocycles. The van der Waals surface area contributed by atoms with Gasteiger partial charge < -0.3 is 0 Å². The second kappa shape index (κ2) is 10.2. The highest BCUT2D eigenvalue weighted by Crippen LogP contribution is 2.25. The molecule has 2 aromatic heterocycles. The van der Waals surface area contributed by atoms with Crippen LogP contribution in [0.2, 0.25) is 0 Å². The summed E-state index contributed by atoms with van der Waals surface area (Å²) in [4.78, 5) is 19.5. The third kappa shape index (κ3) is 4.19. The third-order valence-corrected chi connectivity index (χ3v) is 6.35. The Morgan fingerprint density at radius 3 is 1.46 bits per heavy atom. The molecule has 0 atom stereocenters. The number of hydrogen-bond acceptors (Lipinski definition) is 8. The van der Waals surface area contributed by atoms with Gasteiger partial charge in [0.1, 0.15) is 39.8 Å². The van der Waals surface area contributed by atoms with Crippen molar-refractivity contribution in [3.8, 4) is 46.8 Å². The summed E-state index contributed by atoms with van der Waals surface area (Å²) in [6, 6.07) is 27.0. The van der Waals surface area contributed by atoms with Crippen LogP contribution in [0.4, 0.5) is 0 Å². The zero-order chi connectivity index (χ0) is 27.5. The van der Waals surface area contributed by atoms with Gasteiger partial charge in [0.15, 0.2) is 0 Å². The minimum atomic E-state index is -0.200. The molecule has 0 aliphatic heterocycles. The smallest absolute Gasteiger partial charge is 0.141 e. The topological polar surface area (TPSA) is 147 Å². The fraction of sp³-hybridized carbons (Fsp3) is 0.0968. The molecule has 182 valence electrons. The molecule has 0 spiro atoms. The lowest BCUT2D eigenvalue weighted by atomic mass is 10.0. The number of aromatic nitrogens is 4. The zero-order valence-corrected chi connectivity index (χ0v) is 21.1. The first-order valence-corrected chi connectivity index (χ1v) is 12.0. The fourth-order valence-corrected chi connectivity index (χ4v) is 4.62. The van der Waals surface area contributed by atoms with Gasteiger partial charge >= 0.3 is 0 Å². The number of fused-ring (bicyclic) bond motifs is 2. The van der Waals surface area contributed by atoms with Crippen molar-refractivity contribution in [2.75, 3.05) is 0 Å². The largest absolute Gasteiger partial charge is 0.248 e. The lowest BCUT2D eigenvalue weighted by Gasteiger charge is -2.13. The summed E-state index contributed by atoms with van der Waals surface area (Å²) in [7, 11) is 0. The van der Waals surface area contributed by atoms with Crippen molar-refractivity contribution in [1.82, 2.24) is 19.9 Å². The molecule has 0 fully saturated rings. The van der Waals surface area contributed by atoms with E-state index in [0.29, 0.717) is 28.0 Å². The number of nitriles is 4. The number of nitrogens with zero attached hydrogens (tertiary/aromatic N) is 8. The van der Waals surface area contributed by atoms with Crippen molar-refractivity contribution in [3.63, 3.8) is 0 Å². The van der Waals surface area contributed by atoms with Crippen molar-refractivity contribution in [2.45, 2.75) is 20.3 Å². The Hall–Kier alpha value is -5.96. The van der Waals surface area contributed by atoms with Crippen molar-refractivity contribution in [2.24, 2.45) is 0 Å². The summed E-state index contributed by atoms with van der Waals surface area (Å²) in [6.07, 6.45) is -0.190. The molecule has 39 heavy (non-hydrogen) atoms. The van der Waals surface area contributed by atoms with Gasteiger partial charge in [-0.2, -0.15) is 21.0 Å². The highest BCUT2D eigenvalue weighted by Gasteiger charge is 2.21. The normalized spacial score (nSPS) is 11.2. The van der Waals surface area contributed by atoms with E-state index in [1.807, 2.05) is 72.8 Å². The molecular formula is C31H18N8. The van der Waals surface area contributed by atoms with Crippen molar-refractivity contribution in [3.05, 3.63) is 82.5 Å². The Balaban J connectivity index is 2.14. The van der Waals surface area contributed by atoms with Gasteiger partial charge in [-0.1, -0.05) is 60.7 Å². The maximum atomic E-state index is 10.1. The van der Waals surface area contributed by atoms with E-state index in [-0.39, 0.29) is 44.9 Å². The molecule has 2 heterocycles. The lowest BCUT2D eigenvalue weighted by Crippen LogP contribution is -2.24. The first-order valence-electron chi connectivity index (χ1n) is 12.0. The van der Waals surface area contributed by atoms with Crippen molar-refractivity contribution in [1.29, 1.82) is 21.0 Å². The molecule has 0 N–H and O–H groups in total. The standard InChI is InChI=1S/C31H18N8/c1-18-27(21-11-7-4-8-12-21)39-31-25(23(16-34)17-35)29-30(24(28(31)36-18)22(15-33)13-14-32)38-26(19(2)37-29)20-9-5-3-6-10-20/h3-12H,13H2,1-2H3/b24-22+. The van der Waals surface area contributed by atoms with Crippen LogP contribution >= 0.6 is 0 Å². The summed E-state index contributed by atoms with van der Waals surface area (Å²) in [5.74, 6) is 0. The molecule has 0 saturated heterocycles. The summed E-state index contributed by atoms with van der Waals surface area (Å²) < 4.78 is 0. The monoisotopic (exact) mass is 502 g/mol. The number of rotatable bonds is 3. The van der Waals surface area contributed by atoms with Gasteiger partial charge in [-0.25, -0.2) is 19.9 Å². The van der Waals surface area contributed by atoms with E-state index in [0.717, 1.165) is 11.1 Å². The molecule has 0 bridgehead atoms. The molecule has 0 radical (unpaired) electrons. The number of benzene rings is 3. The van der Waals surface area contributed by atoms with Gasteiger partial charge in [0.05, 0.1) is 52.1 Å². The van der Waals surface area contributed by atoms with Crippen molar-refractivity contribution < 1.29 is 0 Å². The van der Waals surface area contributed by atoms with Gasteiger partial charge in [0.25, 0.3) is 0 Å². The van der Waals surface area contributed by atoms with Crippen LogP contribution in [0.5, 0.6) is 0 Å². The van der Waals surface area contributed by atoms with Crippen LogP contribution < -0.4 is 10.4 Å². The van der Waals surface area contributed by atoms with Gasteiger partial charge in [-0.15, -0.1) is 0 Å². The lowest BCUT2D eigenvalue weighted by molar-refractivity contribution is 1.15. The maximum Gasteiger partial charge on any atom is 0.141 e. The molecule has 5 aromatic rings. The van der Waals surface area contributed by atoms with E-state index in [9.17, 15) is 21.0 Å².